The van der Waals surface area contributed by atoms with Crippen LogP contribution >= 0.6 is 23.2 Å². The number of aromatic nitrogens is 2. The minimum atomic E-state index is -0.0175. The summed E-state index contributed by atoms with van der Waals surface area (Å²) >= 11 is 11.6. The van der Waals surface area contributed by atoms with Crippen molar-refractivity contribution < 1.29 is 9.20 Å². The molecule has 0 radical (unpaired) electrons. The van der Waals surface area contributed by atoms with Crippen LogP contribution in [0.2, 0.25) is 10.0 Å². The Balaban J connectivity index is 2.52. The summed E-state index contributed by atoms with van der Waals surface area (Å²) < 4.78 is 6.00. The van der Waals surface area contributed by atoms with Gasteiger partial charge in [0.1, 0.15) is 0 Å². The van der Waals surface area contributed by atoms with Crippen LogP contribution < -0.4 is 15.5 Å². The normalized spacial score (nSPS) is 10.4. The predicted molar refractivity (Wildman–Crippen MR) is 49.4 cm³/mol. The fourth-order valence-corrected chi connectivity index (χ4v) is 1.29. The highest BCUT2D eigenvalue weighted by Gasteiger charge is 2.05. The fraction of sp³-hybridized carbons (Fsp3) is 0. The lowest BCUT2D eigenvalue weighted by atomic mass is 10.3. The monoisotopic (exact) mass is 229 g/mol. The zero-order chi connectivity index (χ0) is 10.1. The molecule has 0 atom stereocenters. The average Bonchev–Trinajstić information content (AvgIpc) is 2.57. The lowest BCUT2D eigenvalue weighted by Crippen LogP contribution is -2.33. The quantitative estimate of drug-likeness (QED) is 0.750. The molecule has 0 saturated heterocycles. The molecule has 0 spiro atoms. The highest BCUT2D eigenvalue weighted by molar-refractivity contribution is 6.42. The lowest BCUT2D eigenvalue weighted by molar-refractivity contribution is -0.676. The molecule has 0 saturated carbocycles. The molecule has 6 heteroatoms. The Morgan fingerprint density at radius 2 is 2.07 bits per heavy atom. The Morgan fingerprint density at radius 3 is 2.64 bits per heavy atom. The summed E-state index contributed by atoms with van der Waals surface area (Å²) in [6, 6.07) is 5.03. The highest BCUT2D eigenvalue weighted by Crippen LogP contribution is 2.22. The van der Waals surface area contributed by atoms with Gasteiger partial charge < -0.3 is 4.52 Å². The SMILES string of the molecule is N=c1c[n+](-c2ccc(Cl)c(Cl)c2)[n-]o1. The van der Waals surface area contributed by atoms with Crippen molar-refractivity contribution in [2.24, 2.45) is 0 Å². The summed E-state index contributed by atoms with van der Waals surface area (Å²) in [5.41, 5.74) is 0.678. The predicted octanol–water partition coefficient (Wildman–Crippen LogP) is 1.30. The van der Waals surface area contributed by atoms with Crippen LogP contribution in [0, 0.1) is 5.41 Å². The Kier molecular flexibility index (Phi) is 2.31. The van der Waals surface area contributed by atoms with Crippen LogP contribution in [-0.4, -0.2) is 0 Å². The van der Waals surface area contributed by atoms with Crippen molar-refractivity contribution in [2.45, 2.75) is 0 Å². The molecule has 0 unspecified atom stereocenters. The zero-order valence-corrected chi connectivity index (χ0v) is 8.38. The smallest absolute Gasteiger partial charge is 0.265 e. The topological polar surface area (TPSA) is 55.0 Å². The maximum absolute atomic E-state index is 7.15. The van der Waals surface area contributed by atoms with Gasteiger partial charge in [0.05, 0.1) is 10.0 Å². The van der Waals surface area contributed by atoms with Crippen molar-refractivity contribution in [3.63, 3.8) is 0 Å². The van der Waals surface area contributed by atoms with Crippen molar-refractivity contribution in [2.75, 3.05) is 0 Å². The van der Waals surface area contributed by atoms with Gasteiger partial charge in [0.2, 0.25) is 11.9 Å². The fourth-order valence-electron chi connectivity index (χ4n) is 0.995. The molecule has 2 aromatic rings. The summed E-state index contributed by atoms with van der Waals surface area (Å²) in [4.78, 5) is 0. The Morgan fingerprint density at radius 1 is 1.29 bits per heavy atom. The molecule has 0 bridgehead atoms. The highest BCUT2D eigenvalue weighted by atomic mass is 35.5. The lowest BCUT2D eigenvalue weighted by Gasteiger charge is -1.98. The molecule has 4 nitrogen and oxygen atoms in total. The van der Waals surface area contributed by atoms with E-state index < -0.39 is 0 Å². The van der Waals surface area contributed by atoms with Gasteiger partial charge in [-0.05, 0) is 6.07 Å². The van der Waals surface area contributed by atoms with E-state index in [0.717, 1.165) is 0 Å². The van der Waals surface area contributed by atoms with Crippen molar-refractivity contribution >= 4 is 23.2 Å². The first kappa shape index (κ1) is 9.30. The Hall–Kier alpha value is -1.26. The van der Waals surface area contributed by atoms with E-state index in [1.165, 1.54) is 10.9 Å². The molecule has 0 aliphatic heterocycles. The van der Waals surface area contributed by atoms with Gasteiger partial charge in [0.25, 0.3) is 5.55 Å². The summed E-state index contributed by atoms with van der Waals surface area (Å²) in [6.45, 7) is 0. The molecule has 72 valence electrons. The number of halogens is 2. The molecule has 1 aromatic heterocycles. The summed E-state index contributed by atoms with van der Waals surface area (Å²) in [5.74, 6) is 0. The van der Waals surface area contributed by atoms with Crippen LogP contribution in [0.25, 0.3) is 5.69 Å². The van der Waals surface area contributed by atoms with Crippen molar-refractivity contribution in [1.82, 2.24) is 5.27 Å². The van der Waals surface area contributed by atoms with Gasteiger partial charge in [-0.2, -0.15) is 0 Å². The first-order valence-electron chi connectivity index (χ1n) is 3.72. The first-order valence-corrected chi connectivity index (χ1v) is 4.48. The van der Waals surface area contributed by atoms with E-state index in [-0.39, 0.29) is 5.55 Å². The number of rotatable bonds is 1. The second-order valence-corrected chi connectivity index (χ2v) is 3.42. The van der Waals surface area contributed by atoms with Crippen molar-refractivity contribution in [1.29, 1.82) is 5.41 Å². The molecular weight excluding hydrogens is 225 g/mol. The number of hydrogen-bond donors (Lipinski definition) is 1. The summed E-state index contributed by atoms with van der Waals surface area (Å²) in [6.07, 6.45) is 1.43. The first-order chi connectivity index (χ1) is 6.66. The summed E-state index contributed by atoms with van der Waals surface area (Å²) in [7, 11) is 0. The van der Waals surface area contributed by atoms with E-state index >= 15 is 0 Å². The van der Waals surface area contributed by atoms with Crippen LogP contribution in [0.15, 0.2) is 28.9 Å². The van der Waals surface area contributed by atoms with Crippen LogP contribution in [0.5, 0.6) is 0 Å². The van der Waals surface area contributed by atoms with E-state index in [4.69, 9.17) is 28.6 Å². The average molecular weight is 230 g/mol. The largest absolute Gasteiger partial charge is 0.487 e. The molecule has 1 N–H and O–H groups in total. The molecule has 0 aliphatic rings. The molecule has 0 aliphatic carbocycles. The minimum Gasteiger partial charge on any atom is -0.487 e. The third-order valence-corrected chi connectivity index (χ3v) is 2.37. The zero-order valence-electron chi connectivity index (χ0n) is 6.87. The molecule has 14 heavy (non-hydrogen) atoms. The number of benzene rings is 1. The van der Waals surface area contributed by atoms with E-state index in [1.807, 2.05) is 0 Å². The van der Waals surface area contributed by atoms with E-state index in [0.29, 0.717) is 15.7 Å². The van der Waals surface area contributed by atoms with Gasteiger partial charge in [-0.1, -0.05) is 23.2 Å². The molecule has 2 rings (SSSR count). The maximum Gasteiger partial charge on any atom is 0.265 e. The molecule has 1 heterocycles. The second-order valence-electron chi connectivity index (χ2n) is 2.61. The van der Waals surface area contributed by atoms with Gasteiger partial charge in [-0.15, -0.1) is 0 Å². The third kappa shape index (κ3) is 1.66. The van der Waals surface area contributed by atoms with Gasteiger partial charge in [0, 0.05) is 12.1 Å². The van der Waals surface area contributed by atoms with E-state index in [9.17, 15) is 0 Å². The standard InChI is InChI=1S/C8H5Cl2N3O/c9-6-2-1-5(3-7(6)10)13-4-8(11)14-12-13/h1-4,11H. The van der Waals surface area contributed by atoms with Crippen LogP contribution in [0.3, 0.4) is 0 Å². The van der Waals surface area contributed by atoms with Crippen LogP contribution in [0.4, 0.5) is 0 Å². The Bertz CT molecular complexity index is 517. The van der Waals surface area contributed by atoms with Crippen molar-refractivity contribution in [3.05, 3.63) is 40.0 Å². The molecular formula is C8H5Cl2N3O. The molecule has 1 aromatic carbocycles. The van der Waals surface area contributed by atoms with E-state index in [2.05, 4.69) is 9.79 Å². The maximum atomic E-state index is 7.15. The third-order valence-electron chi connectivity index (χ3n) is 1.63. The van der Waals surface area contributed by atoms with Crippen molar-refractivity contribution in [3.8, 4) is 5.69 Å². The number of nitrogens with one attached hydrogen (secondary N) is 1. The van der Waals surface area contributed by atoms with Crippen LogP contribution in [0.1, 0.15) is 0 Å². The molecule has 0 amide bonds. The minimum absolute atomic E-state index is 0.0175. The number of hydrogen-bond acceptors (Lipinski definition) is 2. The van der Waals surface area contributed by atoms with Gasteiger partial charge in [-0.3, -0.25) is 10.7 Å². The van der Waals surface area contributed by atoms with Gasteiger partial charge in [0.15, 0.2) is 0 Å². The van der Waals surface area contributed by atoms with Gasteiger partial charge in [-0.25, -0.2) is 4.68 Å². The van der Waals surface area contributed by atoms with E-state index in [1.54, 1.807) is 18.2 Å². The summed E-state index contributed by atoms with van der Waals surface area (Å²) in [5, 5.41) is 11.7. The number of nitrogens with zero attached hydrogens (tertiary/aromatic N) is 2. The Labute approximate surface area is 89.1 Å². The second kappa shape index (κ2) is 3.48. The molecule has 0 fully saturated rings. The van der Waals surface area contributed by atoms with Crippen LogP contribution in [-0.2, 0) is 0 Å². The van der Waals surface area contributed by atoms with Gasteiger partial charge >= 0.3 is 0 Å².